The van der Waals surface area contributed by atoms with Crippen LogP contribution in [0.5, 0.6) is 0 Å². The van der Waals surface area contributed by atoms with Crippen molar-refractivity contribution >= 4 is 17.4 Å². The molecule has 2 aromatic carbocycles. The number of carbonyl (C=O) groups is 1. The molecule has 2 aromatic rings. The molecule has 0 heterocycles. The SMILES string of the molecule is NN(N)C(=O)N(c1ccccc1)c1ccccc1. The van der Waals surface area contributed by atoms with Gasteiger partial charge in [-0.3, -0.25) is 4.90 Å². The first kappa shape index (κ1) is 12.1. The molecule has 5 nitrogen and oxygen atoms in total. The number of hydrogen-bond donors (Lipinski definition) is 2. The minimum Gasteiger partial charge on any atom is -0.261 e. The maximum Gasteiger partial charge on any atom is 0.358 e. The first-order valence-electron chi connectivity index (χ1n) is 5.44. The highest BCUT2D eigenvalue weighted by atomic mass is 16.2. The van der Waals surface area contributed by atoms with Crippen molar-refractivity contribution in [3.63, 3.8) is 0 Å². The highest BCUT2D eigenvalue weighted by Crippen LogP contribution is 2.25. The fourth-order valence-electron chi connectivity index (χ4n) is 1.64. The van der Waals surface area contributed by atoms with E-state index in [-0.39, 0.29) is 0 Å². The highest BCUT2D eigenvalue weighted by molar-refractivity contribution is 5.98. The first-order chi connectivity index (χ1) is 8.70. The molecule has 0 atom stereocenters. The molecule has 0 aliphatic carbocycles. The number of hydrogen-bond acceptors (Lipinski definition) is 3. The first-order valence-corrected chi connectivity index (χ1v) is 5.44. The van der Waals surface area contributed by atoms with Gasteiger partial charge < -0.3 is 0 Å². The summed E-state index contributed by atoms with van der Waals surface area (Å²) >= 11 is 0. The summed E-state index contributed by atoms with van der Waals surface area (Å²) in [4.78, 5) is 13.5. The Morgan fingerprint density at radius 2 is 1.17 bits per heavy atom. The van der Waals surface area contributed by atoms with Gasteiger partial charge in [-0.2, -0.15) is 5.12 Å². The lowest BCUT2D eigenvalue weighted by Crippen LogP contribution is -2.49. The maximum absolute atomic E-state index is 12.0. The van der Waals surface area contributed by atoms with Gasteiger partial charge in [-0.25, -0.2) is 16.5 Å². The number of benzene rings is 2. The van der Waals surface area contributed by atoms with Gasteiger partial charge in [0.05, 0.1) is 11.4 Å². The third kappa shape index (κ3) is 2.48. The Balaban J connectivity index is 2.45. The van der Waals surface area contributed by atoms with Crippen LogP contribution in [-0.2, 0) is 0 Å². The topological polar surface area (TPSA) is 75.6 Å². The number of anilines is 2. The number of urea groups is 1. The molecule has 4 N–H and O–H groups in total. The van der Waals surface area contributed by atoms with Crippen LogP contribution in [0.4, 0.5) is 16.2 Å². The van der Waals surface area contributed by atoms with E-state index in [9.17, 15) is 4.79 Å². The van der Waals surface area contributed by atoms with Crippen molar-refractivity contribution in [1.29, 1.82) is 0 Å². The molecule has 0 aliphatic rings. The molecule has 2 rings (SSSR count). The average Bonchev–Trinajstić information content (AvgIpc) is 2.41. The second-order valence-electron chi connectivity index (χ2n) is 3.70. The number of amides is 2. The Hall–Kier alpha value is -2.37. The lowest BCUT2D eigenvalue weighted by molar-refractivity contribution is 0.209. The van der Waals surface area contributed by atoms with E-state index in [0.717, 1.165) is 0 Å². The number of nitrogens with two attached hydrogens (primary N) is 2. The van der Waals surface area contributed by atoms with Gasteiger partial charge in [0.1, 0.15) is 0 Å². The van der Waals surface area contributed by atoms with Gasteiger partial charge in [0.2, 0.25) is 0 Å². The quantitative estimate of drug-likeness (QED) is 0.480. The number of para-hydroxylation sites is 2. The van der Waals surface area contributed by atoms with E-state index < -0.39 is 6.03 Å². The van der Waals surface area contributed by atoms with Gasteiger partial charge in [0, 0.05) is 0 Å². The zero-order valence-corrected chi connectivity index (χ0v) is 9.73. The molecule has 18 heavy (non-hydrogen) atoms. The second kappa shape index (κ2) is 5.31. The number of nitrogens with zero attached hydrogens (tertiary/aromatic N) is 2. The number of carbonyl (C=O) groups excluding carboxylic acids is 1. The van der Waals surface area contributed by atoms with Crippen LogP contribution in [0.1, 0.15) is 0 Å². The summed E-state index contributed by atoms with van der Waals surface area (Å²) in [7, 11) is 0. The van der Waals surface area contributed by atoms with Crippen molar-refractivity contribution in [2.45, 2.75) is 0 Å². The predicted octanol–water partition coefficient (Wildman–Crippen LogP) is 1.99. The molecule has 0 spiro atoms. The summed E-state index contributed by atoms with van der Waals surface area (Å²) in [6, 6.07) is 17.9. The Morgan fingerprint density at radius 1 is 0.778 bits per heavy atom. The molecule has 5 heteroatoms. The predicted molar refractivity (Wildman–Crippen MR) is 70.6 cm³/mol. The van der Waals surface area contributed by atoms with Gasteiger partial charge >= 0.3 is 6.03 Å². The zero-order valence-electron chi connectivity index (χ0n) is 9.73. The molecule has 0 fully saturated rings. The van der Waals surface area contributed by atoms with Crippen LogP contribution >= 0.6 is 0 Å². The Bertz CT molecular complexity index is 474. The fourth-order valence-corrected chi connectivity index (χ4v) is 1.64. The van der Waals surface area contributed by atoms with Crippen LogP contribution < -0.4 is 16.6 Å². The van der Waals surface area contributed by atoms with Crippen LogP contribution in [0.3, 0.4) is 0 Å². The summed E-state index contributed by atoms with van der Waals surface area (Å²) in [5.41, 5.74) is 1.41. The molecular formula is C13H14N4O. The monoisotopic (exact) mass is 242 g/mol. The molecule has 0 aliphatic heterocycles. The molecule has 0 radical (unpaired) electrons. The second-order valence-corrected chi connectivity index (χ2v) is 3.70. The smallest absolute Gasteiger partial charge is 0.261 e. The lowest BCUT2D eigenvalue weighted by atomic mass is 10.2. The molecule has 0 bridgehead atoms. The fraction of sp³-hybridized carbons (Fsp3) is 0. The van der Waals surface area contributed by atoms with Gasteiger partial charge in [-0.05, 0) is 24.3 Å². The Morgan fingerprint density at radius 3 is 1.50 bits per heavy atom. The third-order valence-electron chi connectivity index (χ3n) is 2.44. The normalized spacial score (nSPS) is 9.89. The maximum atomic E-state index is 12.0. The summed E-state index contributed by atoms with van der Waals surface area (Å²) in [6.07, 6.45) is 0. The van der Waals surface area contributed by atoms with E-state index in [1.807, 2.05) is 60.7 Å². The van der Waals surface area contributed by atoms with Crippen molar-refractivity contribution in [3.05, 3.63) is 60.7 Å². The van der Waals surface area contributed by atoms with Gasteiger partial charge in [-0.15, -0.1) is 0 Å². The minimum atomic E-state index is -0.507. The van der Waals surface area contributed by atoms with Crippen molar-refractivity contribution < 1.29 is 4.79 Å². The third-order valence-corrected chi connectivity index (χ3v) is 2.44. The summed E-state index contributed by atoms with van der Waals surface area (Å²) in [6.45, 7) is 0. The highest BCUT2D eigenvalue weighted by Gasteiger charge is 2.19. The Kier molecular flexibility index (Phi) is 3.57. The van der Waals surface area contributed by atoms with E-state index >= 15 is 0 Å². The van der Waals surface area contributed by atoms with Crippen molar-refractivity contribution in [2.24, 2.45) is 11.7 Å². The van der Waals surface area contributed by atoms with Crippen LogP contribution in [0.25, 0.3) is 0 Å². The molecule has 0 saturated heterocycles. The lowest BCUT2D eigenvalue weighted by Gasteiger charge is -2.25. The van der Waals surface area contributed by atoms with Crippen LogP contribution in [0.15, 0.2) is 60.7 Å². The molecule has 0 unspecified atom stereocenters. The van der Waals surface area contributed by atoms with Crippen molar-refractivity contribution in [1.82, 2.24) is 5.12 Å². The van der Waals surface area contributed by atoms with Crippen molar-refractivity contribution in [3.8, 4) is 0 Å². The number of rotatable bonds is 2. The summed E-state index contributed by atoms with van der Waals surface area (Å²) in [5.74, 6) is 10.7. The van der Waals surface area contributed by atoms with Crippen molar-refractivity contribution in [2.75, 3.05) is 4.90 Å². The molecule has 2 amide bonds. The average molecular weight is 242 g/mol. The minimum absolute atomic E-state index is 0.507. The van der Waals surface area contributed by atoms with Gasteiger partial charge in [0.15, 0.2) is 0 Å². The van der Waals surface area contributed by atoms with Gasteiger partial charge in [0.25, 0.3) is 0 Å². The van der Waals surface area contributed by atoms with Crippen LogP contribution in [0.2, 0.25) is 0 Å². The molecule has 0 aromatic heterocycles. The Labute approximate surface area is 105 Å². The van der Waals surface area contributed by atoms with E-state index in [4.69, 9.17) is 11.7 Å². The molecule has 92 valence electrons. The summed E-state index contributed by atoms with van der Waals surface area (Å²) in [5, 5.41) is 0.569. The molecular weight excluding hydrogens is 228 g/mol. The number of hydrazine groups is 2. The summed E-state index contributed by atoms with van der Waals surface area (Å²) < 4.78 is 0. The van der Waals surface area contributed by atoms with E-state index in [0.29, 0.717) is 16.5 Å². The van der Waals surface area contributed by atoms with E-state index in [2.05, 4.69) is 0 Å². The molecule has 0 saturated carbocycles. The van der Waals surface area contributed by atoms with E-state index in [1.165, 1.54) is 4.90 Å². The standard InChI is InChI=1S/C13H14N4O/c14-17(15)13(18)16(11-7-3-1-4-8-11)12-9-5-2-6-10-12/h1-10H,14-15H2. The van der Waals surface area contributed by atoms with Gasteiger partial charge in [-0.1, -0.05) is 36.4 Å². The van der Waals surface area contributed by atoms with E-state index in [1.54, 1.807) is 0 Å². The van der Waals surface area contributed by atoms with Crippen LogP contribution in [-0.4, -0.2) is 11.1 Å². The zero-order chi connectivity index (χ0) is 13.0. The van der Waals surface area contributed by atoms with Crippen LogP contribution in [0, 0.1) is 0 Å². The largest absolute Gasteiger partial charge is 0.358 e.